The number of halogens is 4. The highest BCUT2D eigenvalue weighted by atomic mass is 79.9. The number of hydrogen-bond donors (Lipinski definition) is 0. The summed E-state index contributed by atoms with van der Waals surface area (Å²) in [7, 11) is 1.65. The molecule has 19 heavy (non-hydrogen) atoms. The van der Waals surface area contributed by atoms with Gasteiger partial charge in [-0.15, -0.1) is 0 Å². The average molecular weight is 469 g/mol. The van der Waals surface area contributed by atoms with Crippen molar-refractivity contribution in [2.75, 3.05) is 7.11 Å². The topological polar surface area (TPSA) is 9.23 Å². The monoisotopic (exact) mass is 466 g/mol. The van der Waals surface area contributed by atoms with Gasteiger partial charge in [-0.3, -0.25) is 0 Å². The van der Waals surface area contributed by atoms with Gasteiger partial charge in [-0.05, 0) is 57.4 Å². The summed E-state index contributed by atoms with van der Waals surface area (Å²) in [5.74, 6) is 0.814. The van der Waals surface area contributed by atoms with Crippen molar-refractivity contribution in [1.82, 2.24) is 0 Å². The summed E-state index contributed by atoms with van der Waals surface area (Å²) < 4.78 is 7.18. The highest BCUT2D eigenvalue weighted by molar-refractivity contribution is 9.11. The normalized spacial score (nSPS) is 12.3. The largest absolute Gasteiger partial charge is 0.496 e. The number of methoxy groups -OCH3 is 1. The van der Waals surface area contributed by atoms with E-state index in [1.165, 1.54) is 0 Å². The van der Waals surface area contributed by atoms with E-state index in [-0.39, 0.29) is 4.83 Å². The van der Waals surface area contributed by atoms with E-state index in [9.17, 15) is 0 Å². The molecule has 0 aliphatic rings. The van der Waals surface area contributed by atoms with E-state index in [1.807, 2.05) is 36.4 Å². The second-order valence-corrected chi connectivity index (χ2v) is 6.98. The van der Waals surface area contributed by atoms with Gasteiger partial charge in [0.15, 0.2) is 0 Å². The molecule has 0 spiro atoms. The maximum Gasteiger partial charge on any atom is 0.133 e. The zero-order chi connectivity index (χ0) is 14.0. The van der Waals surface area contributed by atoms with Gasteiger partial charge in [0, 0.05) is 9.50 Å². The summed E-state index contributed by atoms with van der Waals surface area (Å²) in [5.41, 5.74) is 2.21. The molecule has 0 aliphatic heterocycles. The van der Waals surface area contributed by atoms with Crippen LogP contribution in [-0.4, -0.2) is 7.11 Å². The quantitative estimate of drug-likeness (QED) is 0.476. The first-order chi connectivity index (χ1) is 9.02. The lowest BCUT2D eigenvalue weighted by Gasteiger charge is -2.14. The van der Waals surface area contributed by atoms with E-state index < -0.39 is 0 Å². The highest BCUT2D eigenvalue weighted by Crippen LogP contribution is 2.39. The van der Waals surface area contributed by atoms with E-state index >= 15 is 0 Å². The van der Waals surface area contributed by atoms with Gasteiger partial charge in [0.1, 0.15) is 5.75 Å². The molecule has 0 aromatic heterocycles. The lowest BCUT2D eigenvalue weighted by molar-refractivity contribution is 0.412. The van der Waals surface area contributed by atoms with Crippen LogP contribution in [0.15, 0.2) is 45.3 Å². The standard InChI is InChI=1S/C14H10Br3ClO/c1-19-13-5-2-8(6-12(13)16)14(17)10-7-9(18)3-4-11(10)15/h2-7,14H,1H3. The third-order valence-corrected chi connectivity index (χ3v) is 5.30. The smallest absolute Gasteiger partial charge is 0.133 e. The molecule has 0 saturated carbocycles. The van der Waals surface area contributed by atoms with Crippen LogP contribution in [0.3, 0.4) is 0 Å². The fraction of sp³-hybridized carbons (Fsp3) is 0.143. The van der Waals surface area contributed by atoms with Crippen LogP contribution >= 0.6 is 59.4 Å². The molecular formula is C14H10Br3ClO. The molecule has 1 nitrogen and oxygen atoms in total. The molecule has 2 rings (SSSR count). The second kappa shape index (κ2) is 6.61. The van der Waals surface area contributed by atoms with E-state index in [0.717, 1.165) is 30.8 Å². The Balaban J connectivity index is 2.41. The van der Waals surface area contributed by atoms with E-state index in [2.05, 4.69) is 47.8 Å². The summed E-state index contributed by atoms with van der Waals surface area (Å²) in [6, 6.07) is 11.8. The Morgan fingerprint density at radius 3 is 2.42 bits per heavy atom. The van der Waals surface area contributed by atoms with E-state index in [0.29, 0.717) is 0 Å². The zero-order valence-electron chi connectivity index (χ0n) is 9.96. The Kier molecular flexibility index (Phi) is 5.35. The Labute approximate surface area is 142 Å². The van der Waals surface area contributed by atoms with E-state index in [1.54, 1.807) is 7.11 Å². The summed E-state index contributed by atoms with van der Waals surface area (Å²) >= 11 is 16.8. The number of hydrogen-bond acceptors (Lipinski definition) is 1. The molecule has 2 aromatic carbocycles. The maximum atomic E-state index is 6.06. The first-order valence-electron chi connectivity index (χ1n) is 5.45. The molecule has 5 heteroatoms. The number of ether oxygens (including phenoxy) is 1. The third-order valence-electron chi connectivity index (χ3n) is 2.70. The first-order valence-corrected chi connectivity index (χ1v) is 8.33. The predicted octanol–water partition coefficient (Wildman–Crippen LogP) is 6.36. The average Bonchev–Trinajstić information content (AvgIpc) is 2.40. The van der Waals surface area contributed by atoms with E-state index in [4.69, 9.17) is 16.3 Å². The van der Waals surface area contributed by atoms with Gasteiger partial charge in [-0.25, -0.2) is 0 Å². The highest BCUT2D eigenvalue weighted by Gasteiger charge is 2.15. The van der Waals surface area contributed by atoms with Gasteiger partial charge in [0.2, 0.25) is 0 Å². The molecule has 0 amide bonds. The maximum absolute atomic E-state index is 6.06. The molecule has 100 valence electrons. The van der Waals surface area contributed by atoms with Crippen molar-refractivity contribution in [3.8, 4) is 5.75 Å². The Morgan fingerprint density at radius 2 is 1.79 bits per heavy atom. The fourth-order valence-electron chi connectivity index (χ4n) is 1.73. The molecule has 0 saturated heterocycles. The summed E-state index contributed by atoms with van der Waals surface area (Å²) in [5, 5.41) is 0.718. The van der Waals surface area contributed by atoms with Gasteiger partial charge in [-0.1, -0.05) is 49.5 Å². The van der Waals surface area contributed by atoms with Crippen LogP contribution in [0, 0.1) is 0 Å². The lowest BCUT2D eigenvalue weighted by atomic mass is 10.0. The Bertz CT molecular complexity index is 601. The predicted molar refractivity (Wildman–Crippen MR) is 90.6 cm³/mol. The minimum atomic E-state index is 0.0581. The van der Waals surface area contributed by atoms with Crippen molar-refractivity contribution in [1.29, 1.82) is 0 Å². The minimum Gasteiger partial charge on any atom is -0.496 e. The van der Waals surface area contributed by atoms with Crippen LogP contribution in [-0.2, 0) is 0 Å². The third kappa shape index (κ3) is 3.54. The van der Waals surface area contributed by atoms with Gasteiger partial charge >= 0.3 is 0 Å². The molecular weight excluding hydrogens is 459 g/mol. The Morgan fingerprint density at radius 1 is 1.05 bits per heavy atom. The summed E-state index contributed by atoms with van der Waals surface area (Å²) in [6.45, 7) is 0. The number of alkyl halides is 1. The number of rotatable bonds is 3. The van der Waals surface area contributed by atoms with Crippen LogP contribution in [0.5, 0.6) is 5.75 Å². The molecule has 0 N–H and O–H groups in total. The van der Waals surface area contributed by atoms with Crippen LogP contribution in [0.2, 0.25) is 5.02 Å². The van der Waals surface area contributed by atoms with Crippen molar-refractivity contribution in [2.45, 2.75) is 4.83 Å². The molecule has 0 radical (unpaired) electrons. The van der Waals surface area contributed by atoms with Crippen LogP contribution in [0.1, 0.15) is 16.0 Å². The molecule has 0 fully saturated rings. The van der Waals surface area contributed by atoms with Crippen LogP contribution in [0.25, 0.3) is 0 Å². The molecule has 0 heterocycles. The van der Waals surface area contributed by atoms with Gasteiger partial charge in [0.25, 0.3) is 0 Å². The van der Waals surface area contributed by atoms with Crippen molar-refractivity contribution in [3.05, 3.63) is 61.5 Å². The van der Waals surface area contributed by atoms with Crippen molar-refractivity contribution < 1.29 is 4.74 Å². The SMILES string of the molecule is COc1ccc(C(Br)c2cc(Cl)ccc2Br)cc1Br. The fourth-order valence-corrected chi connectivity index (χ4v) is 3.91. The number of benzene rings is 2. The van der Waals surface area contributed by atoms with Gasteiger partial charge in [0.05, 0.1) is 16.4 Å². The lowest BCUT2D eigenvalue weighted by Crippen LogP contribution is -1.95. The summed E-state index contributed by atoms with van der Waals surface area (Å²) in [6.07, 6.45) is 0. The van der Waals surface area contributed by atoms with Crippen LogP contribution in [0.4, 0.5) is 0 Å². The second-order valence-electron chi connectivity index (χ2n) is 3.92. The zero-order valence-corrected chi connectivity index (χ0v) is 15.5. The van der Waals surface area contributed by atoms with Gasteiger partial charge < -0.3 is 4.74 Å². The van der Waals surface area contributed by atoms with Crippen molar-refractivity contribution >= 4 is 59.4 Å². The molecule has 0 aliphatic carbocycles. The molecule has 2 aromatic rings. The van der Waals surface area contributed by atoms with Crippen molar-refractivity contribution in [2.24, 2.45) is 0 Å². The van der Waals surface area contributed by atoms with Crippen molar-refractivity contribution in [3.63, 3.8) is 0 Å². The molecule has 1 atom stereocenters. The first kappa shape index (κ1) is 15.4. The Hall–Kier alpha value is -0.0300. The van der Waals surface area contributed by atoms with Gasteiger partial charge in [-0.2, -0.15) is 0 Å². The molecule has 0 bridgehead atoms. The summed E-state index contributed by atoms with van der Waals surface area (Å²) in [4.78, 5) is 0.0581. The molecule has 1 unspecified atom stereocenters. The van der Waals surface area contributed by atoms with Crippen LogP contribution < -0.4 is 4.74 Å². The minimum absolute atomic E-state index is 0.0581.